The van der Waals surface area contributed by atoms with Crippen molar-refractivity contribution in [2.24, 2.45) is 0 Å². The summed E-state index contributed by atoms with van der Waals surface area (Å²) in [5, 5.41) is 0. The van der Waals surface area contributed by atoms with E-state index >= 15 is 0 Å². The highest BCUT2D eigenvalue weighted by atomic mass is 32.2. The van der Waals surface area contributed by atoms with Gasteiger partial charge in [0.2, 0.25) is 20.0 Å². The molecule has 2 aliphatic rings. The lowest BCUT2D eigenvalue weighted by molar-refractivity contribution is 0.114. The van der Waals surface area contributed by atoms with E-state index in [4.69, 9.17) is 4.74 Å². The molecule has 9 nitrogen and oxygen atoms in total. The average Bonchev–Trinajstić information content (AvgIpc) is 3.53. The quantitative estimate of drug-likeness (QED) is 0.510. The standard InChI is InChI=1S/C23H28N4O5S2/c28-33(29,24-16-18-4-3-15-32-18)19-7-9-20(10-8-19)34(30,31)27-13-11-17(12-14-27)23-25-21-5-1-2-6-22(21)26-23/h1-2,5-10,17-18,24H,3-4,11-16H2,(H,25,26)/t18-/m0/s1. The Hall–Kier alpha value is -2.31. The second-order valence-corrected chi connectivity index (χ2v) is 12.5. The summed E-state index contributed by atoms with van der Waals surface area (Å²) in [6, 6.07) is 13.2. The first-order valence-corrected chi connectivity index (χ1v) is 14.4. The van der Waals surface area contributed by atoms with Crippen molar-refractivity contribution in [3.63, 3.8) is 0 Å². The van der Waals surface area contributed by atoms with Gasteiger partial charge in [-0.1, -0.05) is 12.1 Å². The molecular weight excluding hydrogens is 476 g/mol. The monoisotopic (exact) mass is 504 g/mol. The van der Waals surface area contributed by atoms with E-state index in [1.165, 1.54) is 28.6 Å². The number of para-hydroxylation sites is 2. The molecule has 2 aromatic carbocycles. The molecule has 0 unspecified atom stereocenters. The van der Waals surface area contributed by atoms with Crippen LogP contribution in [0, 0.1) is 0 Å². The number of ether oxygens (including phenoxy) is 1. The van der Waals surface area contributed by atoms with E-state index in [0.29, 0.717) is 32.5 Å². The molecule has 0 saturated carbocycles. The van der Waals surface area contributed by atoms with E-state index in [2.05, 4.69) is 14.7 Å². The normalized spacial score (nSPS) is 20.8. The van der Waals surface area contributed by atoms with E-state index in [1.54, 1.807) is 0 Å². The molecule has 0 bridgehead atoms. The maximum atomic E-state index is 13.2. The predicted octanol–water partition coefficient (Wildman–Crippen LogP) is 2.59. The molecule has 0 spiro atoms. The molecule has 11 heteroatoms. The molecule has 1 atom stereocenters. The van der Waals surface area contributed by atoms with E-state index in [9.17, 15) is 16.8 Å². The van der Waals surface area contributed by atoms with Crippen LogP contribution in [0.5, 0.6) is 0 Å². The van der Waals surface area contributed by atoms with Crippen molar-refractivity contribution in [1.29, 1.82) is 0 Å². The number of piperidine rings is 1. The first-order valence-electron chi connectivity index (χ1n) is 11.5. The number of benzene rings is 2. The number of imidazole rings is 1. The fraction of sp³-hybridized carbons (Fsp3) is 0.435. The first kappa shape index (κ1) is 23.4. The third-order valence-corrected chi connectivity index (χ3v) is 9.90. The molecule has 34 heavy (non-hydrogen) atoms. The Labute approximate surface area is 199 Å². The predicted molar refractivity (Wildman–Crippen MR) is 127 cm³/mol. The van der Waals surface area contributed by atoms with Gasteiger partial charge in [0.1, 0.15) is 5.82 Å². The molecule has 3 heterocycles. The van der Waals surface area contributed by atoms with Crippen LogP contribution >= 0.6 is 0 Å². The van der Waals surface area contributed by atoms with E-state index in [-0.39, 0.29) is 28.4 Å². The molecule has 0 aliphatic carbocycles. The van der Waals surface area contributed by atoms with Gasteiger partial charge in [-0.25, -0.2) is 26.5 Å². The van der Waals surface area contributed by atoms with Crippen molar-refractivity contribution in [3.8, 4) is 0 Å². The molecule has 2 fully saturated rings. The first-order chi connectivity index (χ1) is 16.3. The van der Waals surface area contributed by atoms with Gasteiger partial charge < -0.3 is 9.72 Å². The van der Waals surface area contributed by atoms with Crippen LogP contribution in [0.4, 0.5) is 0 Å². The number of hydrogen-bond acceptors (Lipinski definition) is 6. The molecule has 1 aromatic heterocycles. The van der Waals surface area contributed by atoms with Crippen LogP contribution in [0.3, 0.4) is 0 Å². The maximum absolute atomic E-state index is 13.2. The maximum Gasteiger partial charge on any atom is 0.243 e. The molecule has 0 radical (unpaired) electrons. The number of H-pyrrole nitrogens is 1. The highest BCUT2D eigenvalue weighted by Gasteiger charge is 2.31. The van der Waals surface area contributed by atoms with Crippen molar-refractivity contribution in [1.82, 2.24) is 19.0 Å². The summed E-state index contributed by atoms with van der Waals surface area (Å²) in [5.41, 5.74) is 1.89. The van der Waals surface area contributed by atoms with Crippen LogP contribution in [0.1, 0.15) is 37.4 Å². The SMILES string of the molecule is O=S(=O)(NC[C@@H]1CCCO1)c1ccc(S(=O)(=O)N2CCC(c3nc4ccccc4[nH]3)CC2)cc1. The van der Waals surface area contributed by atoms with Crippen molar-refractivity contribution in [2.75, 3.05) is 26.2 Å². The Kier molecular flexibility index (Phi) is 6.47. The van der Waals surface area contributed by atoms with E-state index in [1.807, 2.05) is 24.3 Å². The lowest BCUT2D eigenvalue weighted by Gasteiger charge is -2.30. The van der Waals surface area contributed by atoms with Crippen LogP contribution in [-0.2, 0) is 24.8 Å². The summed E-state index contributed by atoms with van der Waals surface area (Å²) in [4.78, 5) is 8.14. The number of nitrogens with zero attached hydrogens (tertiary/aromatic N) is 2. The van der Waals surface area contributed by atoms with Gasteiger partial charge in [-0.3, -0.25) is 0 Å². The van der Waals surface area contributed by atoms with Crippen LogP contribution in [-0.4, -0.2) is 63.5 Å². The minimum Gasteiger partial charge on any atom is -0.377 e. The van der Waals surface area contributed by atoms with Gasteiger partial charge in [0.05, 0.1) is 26.9 Å². The Bertz CT molecular complexity index is 1320. The van der Waals surface area contributed by atoms with Gasteiger partial charge in [-0.2, -0.15) is 4.31 Å². The number of hydrogen-bond donors (Lipinski definition) is 2. The van der Waals surface area contributed by atoms with Gasteiger partial charge in [0, 0.05) is 32.2 Å². The van der Waals surface area contributed by atoms with Crippen LogP contribution in [0.2, 0.25) is 0 Å². The number of rotatable bonds is 7. The van der Waals surface area contributed by atoms with Crippen LogP contribution < -0.4 is 4.72 Å². The summed E-state index contributed by atoms with van der Waals surface area (Å²) >= 11 is 0. The molecule has 2 aliphatic heterocycles. The number of nitrogens with one attached hydrogen (secondary N) is 2. The largest absolute Gasteiger partial charge is 0.377 e. The van der Waals surface area contributed by atoms with Gasteiger partial charge >= 0.3 is 0 Å². The lowest BCUT2D eigenvalue weighted by Crippen LogP contribution is -2.38. The third-order valence-electron chi connectivity index (χ3n) is 6.55. The minimum atomic E-state index is -3.73. The fourth-order valence-electron chi connectivity index (χ4n) is 4.57. The van der Waals surface area contributed by atoms with Gasteiger partial charge in [0.15, 0.2) is 0 Å². The molecule has 0 amide bonds. The number of fused-ring (bicyclic) bond motifs is 1. The second-order valence-electron chi connectivity index (χ2n) is 8.78. The van der Waals surface area contributed by atoms with E-state index < -0.39 is 20.0 Å². The average molecular weight is 505 g/mol. The molecule has 182 valence electrons. The van der Waals surface area contributed by atoms with Gasteiger partial charge in [0.25, 0.3) is 0 Å². The molecular formula is C23H28N4O5S2. The van der Waals surface area contributed by atoms with E-state index in [0.717, 1.165) is 29.7 Å². The highest BCUT2D eigenvalue weighted by molar-refractivity contribution is 7.89. The van der Waals surface area contributed by atoms with Crippen molar-refractivity contribution < 1.29 is 21.6 Å². The summed E-state index contributed by atoms with van der Waals surface area (Å²) in [6.07, 6.45) is 2.97. The third kappa shape index (κ3) is 4.76. The molecule has 2 N–H and O–H groups in total. The fourth-order valence-corrected chi connectivity index (χ4v) is 7.10. The lowest BCUT2D eigenvalue weighted by atomic mass is 9.97. The highest BCUT2D eigenvalue weighted by Crippen LogP contribution is 2.30. The second kappa shape index (κ2) is 9.38. The minimum absolute atomic E-state index is 0.0352. The Balaban J connectivity index is 1.23. The zero-order valence-electron chi connectivity index (χ0n) is 18.7. The van der Waals surface area contributed by atoms with Crippen LogP contribution in [0.25, 0.3) is 11.0 Å². The topological polar surface area (TPSA) is 121 Å². The van der Waals surface area contributed by atoms with Crippen LogP contribution in [0.15, 0.2) is 58.3 Å². The smallest absolute Gasteiger partial charge is 0.243 e. The number of aromatic amines is 1. The molecule has 3 aromatic rings. The number of aromatic nitrogens is 2. The summed E-state index contributed by atoms with van der Waals surface area (Å²) in [5.74, 6) is 1.06. The Morgan fingerprint density at radius 3 is 2.35 bits per heavy atom. The number of sulfonamides is 2. The zero-order valence-corrected chi connectivity index (χ0v) is 20.3. The van der Waals surface area contributed by atoms with Crippen molar-refractivity contribution >= 4 is 31.1 Å². The molecule has 5 rings (SSSR count). The summed E-state index contributed by atoms with van der Waals surface area (Å²) < 4.78 is 60.9. The van der Waals surface area contributed by atoms with Crippen molar-refractivity contribution in [2.45, 2.75) is 47.5 Å². The van der Waals surface area contributed by atoms with Crippen molar-refractivity contribution in [3.05, 3.63) is 54.4 Å². The molecule has 2 saturated heterocycles. The summed E-state index contributed by atoms with van der Waals surface area (Å²) in [6.45, 7) is 1.62. The zero-order chi connectivity index (χ0) is 23.8. The van der Waals surface area contributed by atoms with Gasteiger partial charge in [-0.15, -0.1) is 0 Å². The Morgan fingerprint density at radius 1 is 0.971 bits per heavy atom. The Morgan fingerprint density at radius 2 is 1.68 bits per heavy atom. The van der Waals surface area contributed by atoms with Gasteiger partial charge in [-0.05, 0) is 62.1 Å². The summed E-state index contributed by atoms with van der Waals surface area (Å²) in [7, 11) is -7.45.